The number of hydrogen-bond donors (Lipinski definition) is 1. The number of hydrogen-bond acceptors (Lipinski definition) is 3. The molecule has 5 heteroatoms. The summed E-state index contributed by atoms with van der Waals surface area (Å²) < 4.78 is 5.39. The van der Waals surface area contributed by atoms with Crippen molar-refractivity contribution in [3.05, 3.63) is 101 Å². The second kappa shape index (κ2) is 12.7. The average molecular weight is 473 g/mol. The lowest BCUT2D eigenvalue weighted by Crippen LogP contribution is -2.52. The molecule has 3 aromatic carbocycles. The van der Waals surface area contributed by atoms with Crippen LogP contribution < -0.4 is 10.1 Å². The SMILES string of the molecule is CC[C@@H](C)NC(=O)[C@@H](Cc1ccccc1)N(Cc1cccc(OC)c1)C(=O)Cc1cccc(C)c1. The fourth-order valence-electron chi connectivity index (χ4n) is 4.06. The Morgan fingerprint density at radius 3 is 2.29 bits per heavy atom. The van der Waals surface area contributed by atoms with Crippen molar-refractivity contribution in [1.82, 2.24) is 10.2 Å². The molecular weight excluding hydrogens is 436 g/mol. The van der Waals surface area contributed by atoms with Gasteiger partial charge in [0.25, 0.3) is 0 Å². The molecule has 0 aliphatic rings. The number of aryl methyl sites for hydroxylation is 1. The Kier molecular flexibility index (Phi) is 9.47. The lowest BCUT2D eigenvalue weighted by Gasteiger charge is -2.32. The lowest BCUT2D eigenvalue weighted by atomic mass is 10.0. The molecule has 0 unspecified atom stereocenters. The number of carbonyl (C=O) groups excluding carboxylic acids is 2. The van der Waals surface area contributed by atoms with Crippen LogP contribution in [0.1, 0.15) is 42.5 Å². The largest absolute Gasteiger partial charge is 0.497 e. The molecule has 184 valence electrons. The second-order valence-electron chi connectivity index (χ2n) is 9.06. The minimum atomic E-state index is -0.644. The number of benzene rings is 3. The van der Waals surface area contributed by atoms with Crippen molar-refractivity contribution in [3.63, 3.8) is 0 Å². The Hall–Kier alpha value is -3.60. The summed E-state index contributed by atoms with van der Waals surface area (Å²) in [5.74, 6) is 0.500. The summed E-state index contributed by atoms with van der Waals surface area (Å²) in [5.41, 5.74) is 3.96. The van der Waals surface area contributed by atoms with Crippen LogP contribution in [-0.2, 0) is 29.0 Å². The minimum absolute atomic E-state index is 0.0197. The molecule has 0 spiro atoms. The molecule has 0 bridgehead atoms. The van der Waals surface area contributed by atoms with Crippen molar-refractivity contribution >= 4 is 11.8 Å². The van der Waals surface area contributed by atoms with Crippen LogP contribution in [0.4, 0.5) is 0 Å². The van der Waals surface area contributed by atoms with E-state index in [1.165, 1.54) is 0 Å². The van der Waals surface area contributed by atoms with Crippen LogP contribution in [0.15, 0.2) is 78.9 Å². The first-order chi connectivity index (χ1) is 16.9. The Bertz CT molecular complexity index is 1110. The van der Waals surface area contributed by atoms with Crippen LogP contribution in [0.3, 0.4) is 0 Å². The number of carbonyl (C=O) groups is 2. The van der Waals surface area contributed by atoms with Crippen LogP contribution in [-0.4, -0.2) is 35.9 Å². The van der Waals surface area contributed by atoms with Gasteiger partial charge in [0.2, 0.25) is 11.8 Å². The summed E-state index contributed by atoms with van der Waals surface area (Å²) in [5, 5.41) is 3.11. The first kappa shape index (κ1) is 26.0. The Morgan fingerprint density at radius 2 is 1.60 bits per heavy atom. The quantitative estimate of drug-likeness (QED) is 0.422. The molecule has 0 fully saturated rings. The number of amides is 2. The first-order valence-electron chi connectivity index (χ1n) is 12.2. The van der Waals surface area contributed by atoms with E-state index in [1.54, 1.807) is 12.0 Å². The maximum Gasteiger partial charge on any atom is 0.243 e. The molecule has 0 aromatic heterocycles. The van der Waals surface area contributed by atoms with Gasteiger partial charge in [-0.15, -0.1) is 0 Å². The number of methoxy groups -OCH3 is 1. The Labute approximate surface area is 209 Å². The fraction of sp³-hybridized carbons (Fsp3) is 0.333. The van der Waals surface area contributed by atoms with Gasteiger partial charge in [0.05, 0.1) is 13.5 Å². The van der Waals surface area contributed by atoms with E-state index in [-0.39, 0.29) is 24.3 Å². The molecule has 0 saturated heterocycles. The maximum absolute atomic E-state index is 13.8. The molecule has 1 N–H and O–H groups in total. The van der Waals surface area contributed by atoms with Gasteiger partial charge in [0.15, 0.2) is 0 Å². The number of nitrogens with zero attached hydrogens (tertiary/aromatic N) is 1. The van der Waals surface area contributed by atoms with E-state index in [4.69, 9.17) is 4.74 Å². The molecule has 0 aliphatic carbocycles. The zero-order valence-electron chi connectivity index (χ0n) is 21.2. The van der Waals surface area contributed by atoms with Gasteiger partial charge < -0.3 is 15.0 Å². The molecule has 0 aliphatic heterocycles. The van der Waals surface area contributed by atoms with E-state index in [9.17, 15) is 9.59 Å². The number of rotatable bonds is 11. The normalized spacial score (nSPS) is 12.5. The third-order valence-corrected chi connectivity index (χ3v) is 6.20. The van der Waals surface area contributed by atoms with Crippen LogP contribution >= 0.6 is 0 Å². The molecular formula is C30H36N2O3. The Morgan fingerprint density at radius 1 is 0.914 bits per heavy atom. The first-order valence-corrected chi connectivity index (χ1v) is 12.2. The highest BCUT2D eigenvalue weighted by atomic mass is 16.5. The molecule has 0 heterocycles. The summed E-state index contributed by atoms with van der Waals surface area (Å²) in [6, 6.07) is 24.9. The number of nitrogens with one attached hydrogen (secondary N) is 1. The number of ether oxygens (including phenoxy) is 1. The van der Waals surface area contributed by atoms with Crippen molar-refractivity contribution in [1.29, 1.82) is 0 Å². The molecule has 3 rings (SSSR count). The van der Waals surface area contributed by atoms with Crippen molar-refractivity contribution in [2.24, 2.45) is 0 Å². The van der Waals surface area contributed by atoms with Gasteiger partial charge in [-0.2, -0.15) is 0 Å². The van der Waals surface area contributed by atoms with E-state index >= 15 is 0 Å². The summed E-state index contributed by atoms with van der Waals surface area (Å²) in [6.45, 7) is 6.35. The second-order valence-corrected chi connectivity index (χ2v) is 9.06. The van der Waals surface area contributed by atoms with E-state index in [0.717, 1.165) is 34.4 Å². The van der Waals surface area contributed by atoms with Crippen molar-refractivity contribution in [3.8, 4) is 5.75 Å². The Balaban J connectivity index is 1.98. The van der Waals surface area contributed by atoms with Gasteiger partial charge >= 0.3 is 0 Å². The van der Waals surface area contributed by atoms with Crippen LogP contribution in [0, 0.1) is 6.92 Å². The van der Waals surface area contributed by atoms with Crippen LogP contribution in [0.5, 0.6) is 5.75 Å². The molecule has 3 aromatic rings. The van der Waals surface area contributed by atoms with Crippen molar-refractivity contribution in [2.75, 3.05) is 7.11 Å². The van der Waals surface area contributed by atoms with E-state index in [2.05, 4.69) is 5.32 Å². The predicted octanol–water partition coefficient (Wildman–Crippen LogP) is 5.10. The minimum Gasteiger partial charge on any atom is -0.497 e. The topological polar surface area (TPSA) is 58.6 Å². The molecule has 0 radical (unpaired) electrons. The van der Waals surface area contributed by atoms with Gasteiger partial charge in [-0.25, -0.2) is 0 Å². The van der Waals surface area contributed by atoms with E-state index in [0.29, 0.717) is 13.0 Å². The molecule has 2 amide bonds. The average Bonchev–Trinajstić information content (AvgIpc) is 2.86. The van der Waals surface area contributed by atoms with Gasteiger partial charge in [-0.1, -0.05) is 79.2 Å². The predicted molar refractivity (Wildman–Crippen MR) is 140 cm³/mol. The van der Waals surface area contributed by atoms with Crippen molar-refractivity contribution in [2.45, 2.75) is 58.7 Å². The zero-order chi connectivity index (χ0) is 25.2. The molecule has 5 nitrogen and oxygen atoms in total. The molecule has 2 atom stereocenters. The monoisotopic (exact) mass is 472 g/mol. The summed E-state index contributed by atoms with van der Waals surface area (Å²) in [4.78, 5) is 29.1. The standard InChI is InChI=1S/C30H36N2O3/c1-5-23(3)31-30(34)28(19-24-12-7-6-8-13-24)32(21-26-15-10-16-27(18-26)35-4)29(33)20-25-14-9-11-22(2)17-25/h6-18,23,28H,5,19-21H2,1-4H3,(H,31,34)/t23-,28-/m1/s1. The highest BCUT2D eigenvalue weighted by Crippen LogP contribution is 2.20. The highest BCUT2D eigenvalue weighted by molar-refractivity contribution is 5.89. The smallest absolute Gasteiger partial charge is 0.243 e. The third-order valence-electron chi connectivity index (χ3n) is 6.20. The van der Waals surface area contributed by atoms with E-state index in [1.807, 2.05) is 99.6 Å². The highest BCUT2D eigenvalue weighted by Gasteiger charge is 2.31. The van der Waals surface area contributed by atoms with Gasteiger partial charge in [0.1, 0.15) is 11.8 Å². The van der Waals surface area contributed by atoms with Gasteiger partial charge in [0, 0.05) is 19.0 Å². The summed E-state index contributed by atoms with van der Waals surface area (Å²) in [6.07, 6.45) is 1.48. The van der Waals surface area contributed by atoms with Gasteiger partial charge in [-0.05, 0) is 49.1 Å². The summed E-state index contributed by atoms with van der Waals surface area (Å²) >= 11 is 0. The van der Waals surface area contributed by atoms with Gasteiger partial charge in [-0.3, -0.25) is 9.59 Å². The molecule has 0 saturated carbocycles. The van der Waals surface area contributed by atoms with E-state index < -0.39 is 6.04 Å². The summed E-state index contributed by atoms with van der Waals surface area (Å²) in [7, 11) is 1.62. The third kappa shape index (κ3) is 7.71. The molecule has 35 heavy (non-hydrogen) atoms. The lowest BCUT2D eigenvalue weighted by molar-refractivity contribution is -0.141. The van der Waals surface area contributed by atoms with Crippen LogP contribution in [0.25, 0.3) is 0 Å². The maximum atomic E-state index is 13.8. The van der Waals surface area contributed by atoms with Crippen molar-refractivity contribution < 1.29 is 14.3 Å². The van der Waals surface area contributed by atoms with Crippen LogP contribution in [0.2, 0.25) is 0 Å². The fourth-order valence-corrected chi connectivity index (χ4v) is 4.06. The zero-order valence-corrected chi connectivity index (χ0v) is 21.2.